The molecule has 0 radical (unpaired) electrons. The maximum absolute atomic E-state index is 11.4. The molecule has 0 heterocycles. The molecule has 3 heteroatoms. The number of hydrogen-bond acceptors (Lipinski definition) is 3. The molecule has 0 aromatic heterocycles. The quantitative estimate of drug-likeness (QED) is 0.564. The van der Waals surface area contributed by atoms with Gasteiger partial charge in [-0.15, -0.1) is 6.58 Å². The van der Waals surface area contributed by atoms with Gasteiger partial charge in [-0.3, -0.25) is 4.79 Å². The molecule has 0 spiro atoms. The van der Waals surface area contributed by atoms with Crippen molar-refractivity contribution in [2.45, 2.75) is 90.3 Å². The Balaban J connectivity index is 1.56. The zero-order valence-electron chi connectivity index (χ0n) is 16.8. The van der Waals surface area contributed by atoms with E-state index in [0.29, 0.717) is 17.3 Å². The van der Waals surface area contributed by atoms with Gasteiger partial charge in [-0.2, -0.15) is 0 Å². The molecule has 0 bridgehead atoms. The van der Waals surface area contributed by atoms with Gasteiger partial charge < -0.3 is 9.84 Å². The van der Waals surface area contributed by atoms with Crippen molar-refractivity contribution >= 4 is 5.97 Å². The highest BCUT2D eigenvalue weighted by Crippen LogP contribution is 2.68. The summed E-state index contributed by atoms with van der Waals surface area (Å²) >= 11 is 0. The summed E-state index contributed by atoms with van der Waals surface area (Å²) in [5.74, 6) is 2.70. The van der Waals surface area contributed by atoms with E-state index < -0.39 is 5.60 Å². The van der Waals surface area contributed by atoms with Crippen molar-refractivity contribution in [2.24, 2.45) is 34.5 Å². The predicted octanol–water partition coefficient (Wildman–Crippen LogP) is 4.88. The second kappa shape index (κ2) is 6.09. The van der Waals surface area contributed by atoms with Gasteiger partial charge in [0.15, 0.2) is 0 Å². The lowest BCUT2D eigenvalue weighted by Gasteiger charge is -2.61. The molecule has 146 valence electrons. The van der Waals surface area contributed by atoms with Crippen molar-refractivity contribution in [3.63, 3.8) is 0 Å². The fourth-order valence-electron chi connectivity index (χ4n) is 7.95. The fraction of sp³-hybridized carbons (Fsp3) is 0.870. The zero-order valence-corrected chi connectivity index (χ0v) is 16.8. The van der Waals surface area contributed by atoms with Crippen molar-refractivity contribution in [3.05, 3.63) is 12.7 Å². The summed E-state index contributed by atoms with van der Waals surface area (Å²) in [6, 6.07) is 0. The summed E-state index contributed by atoms with van der Waals surface area (Å²) < 4.78 is 5.57. The molecule has 1 N–H and O–H groups in total. The van der Waals surface area contributed by atoms with Crippen LogP contribution in [0.1, 0.15) is 78.6 Å². The Hall–Kier alpha value is -0.830. The van der Waals surface area contributed by atoms with E-state index in [1.807, 2.05) is 6.08 Å². The van der Waals surface area contributed by atoms with Gasteiger partial charge in [0, 0.05) is 12.3 Å². The number of rotatable bonds is 2. The highest BCUT2D eigenvalue weighted by Gasteiger charge is 2.63. The van der Waals surface area contributed by atoms with Crippen LogP contribution < -0.4 is 0 Å². The fourth-order valence-corrected chi connectivity index (χ4v) is 7.95. The second-order valence-electron chi connectivity index (χ2n) is 10.3. The Morgan fingerprint density at radius 3 is 2.50 bits per heavy atom. The lowest BCUT2D eigenvalue weighted by molar-refractivity contribution is -0.164. The molecule has 0 amide bonds. The summed E-state index contributed by atoms with van der Waals surface area (Å²) in [7, 11) is 0. The first-order chi connectivity index (χ1) is 12.2. The van der Waals surface area contributed by atoms with Gasteiger partial charge in [-0.25, -0.2) is 0 Å². The van der Waals surface area contributed by atoms with E-state index in [1.54, 1.807) is 0 Å². The standard InChI is InChI=1S/C23H36O3/c1-5-23(25)13-10-20-18-7-6-16-14-17(26-15(2)24)8-11-21(16,3)19(18)9-12-22(20,23)4/h5,16-20,25H,1,6-14H2,2-4H3. The Labute approximate surface area is 158 Å². The summed E-state index contributed by atoms with van der Waals surface area (Å²) in [4.78, 5) is 11.4. The minimum atomic E-state index is -0.673. The first-order valence-corrected chi connectivity index (χ1v) is 10.8. The Morgan fingerprint density at radius 1 is 1.08 bits per heavy atom. The third-order valence-electron chi connectivity index (χ3n) is 9.50. The predicted molar refractivity (Wildman–Crippen MR) is 102 cm³/mol. The molecule has 26 heavy (non-hydrogen) atoms. The molecule has 4 rings (SSSR count). The van der Waals surface area contributed by atoms with Crippen molar-refractivity contribution < 1.29 is 14.6 Å². The summed E-state index contributed by atoms with van der Waals surface area (Å²) in [6.07, 6.45) is 12.2. The van der Waals surface area contributed by atoms with Crippen LogP contribution in [-0.4, -0.2) is 22.8 Å². The molecule has 0 saturated heterocycles. The number of fused-ring (bicyclic) bond motifs is 5. The topological polar surface area (TPSA) is 46.5 Å². The van der Waals surface area contributed by atoms with E-state index in [2.05, 4.69) is 20.4 Å². The van der Waals surface area contributed by atoms with E-state index in [-0.39, 0.29) is 17.5 Å². The largest absolute Gasteiger partial charge is 0.463 e. The van der Waals surface area contributed by atoms with Crippen molar-refractivity contribution in [1.29, 1.82) is 0 Å². The lowest BCUT2D eigenvalue weighted by Crippen LogP contribution is -2.56. The van der Waals surface area contributed by atoms with Crippen LogP contribution in [0.3, 0.4) is 0 Å². The van der Waals surface area contributed by atoms with Gasteiger partial charge in [-0.1, -0.05) is 19.9 Å². The number of carbonyl (C=O) groups excluding carboxylic acids is 1. The summed E-state index contributed by atoms with van der Waals surface area (Å²) in [6.45, 7) is 10.4. The van der Waals surface area contributed by atoms with Gasteiger partial charge in [0.2, 0.25) is 0 Å². The van der Waals surface area contributed by atoms with E-state index in [4.69, 9.17) is 4.74 Å². The average molecular weight is 361 g/mol. The SMILES string of the molecule is C=CC1(O)CCC2C3CCC4CC(OC(C)=O)CCC4(C)C3CCC21C. The molecule has 4 aliphatic carbocycles. The highest BCUT2D eigenvalue weighted by molar-refractivity contribution is 5.66. The van der Waals surface area contributed by atoms with E-state index in [0.717, 1.165) is 43.9 Å². The third-order valence-corrected chi connectivity index (χ3v) is 9.50. The Kier molecular flexibility index (Phi) is 4.34. The van der Waals surface area contributed by atoms with Gasteiger partial charge in [0.05, 0.1) is 5.60 Å². The van der Waals surface area contributed by atoms with Crippen molar-refractivity contribution in [3.8, 4) is 0 Å². The molecular formula is C23H36O3. The van der Waals surface area contributed by atoms with Crippen LogP contribution in [-0.2, 0) is 9.53 Å². The number of aliphatic hydroxyl groups is 1. The number of ether oxygens (including phenoxy) is 1. The van der Waals surface area contributed by atoms with Crippen LogP contribution in [0.25, 0.3) is 0 Å². The van der Waals surface area contributed by atoms with Crippen molar-refractivity contribution in [1.82, 2.24) is 0 Å². The Morgan fingerprint density at radius 2 is 1.81 bits per heavy atom. The lowest BCUT2D eigenvalue weighted by atomic mass is 9.44. The number of esters is 1. The molecule has 8 atom stereocenters. The van der Waals surface area contributed by atoms with E-state index >= 15 is 0 Å². The van der Waals surface area contributed by atoms with Gasteiger partial charge in [-0.05, 0) is 86.9 Å². The van der Waals surface area contributed by atoms with E-state index in [9.17, 15) is 9.90 Å². The molecule has 4 saturated carbocycles. The first-order valence-electron chi connectivity index (χ1n) is 10.8. The smallest absolute Gasteiger partial charge is 0.302 e. The van der Waals surface area contributed by atoms with Crippen LogP contribution in [0, 0.1) is 34.5 Å². The molecule has 4 fully saturated rings. The van der Waals surface area contributed by atoms with E-state index in [1.165, 1.54) is 32.6 Å². The van der Waals surface area contributed by atoms with Crippen LogP contribution in [0.15, 0.2) is 12.7 Å². The van der Waals surface area contributed by atoms with Crippen LogP contribution in [0.4, 0.5) is 0 Å². The first kappa shape index (κ1) is 18.5. The second-order valence-corrected chi connectivity index (χ2v) is 10.3. The molecule has 0 aromatic rings. The maximum Gasteiger partial charge on any atom is 0.302 e. The number of hydrogen-bond donors (Lipinski definition) is 1. The molecule has 8 unspecified atom stereocenters. The number of carbonyl (C=O) groups is 1. The minimum absolute atomic E-state index is 0.00799. The van der Waals surface area contributed by atoms with Gasteiger partial charge in [0.25, 0.3) is 0 Å². The van der Waals surface area contributed by atoms with Crippen LogP contribution in [0.2, 0.25) is 0 Å². The molecule has 3 nitrogen and oxygen atoms in total. The molecule has 0 aromatic carbocycles. The minimum Gasteiger partial charge on any atom is -0.463 e. The third kappa shape index (κ3) is 2.45. The van der Waals surface area contributed by atoms with Crippen LogP contribution in [0.5, 0.6) is 0 Å². The summed E-state index contributed by atoms with van der Waals surface area (Å²) in [5, 5.41) is 11.2. The zero-order chi connectivity index (χ0) is 18.7. The normalized spacial score (nSPS) is 53.2. The molecule has 4 aliphatic rings. The molecular weight excluding hydrogens is 324 g/mol. The van der Waals surface area contributed by atoms with Gasteiger partial charge >= 0.3 is 5.97 Å². The molecule has 0 aliphatic heterocycles. The Bertz CT molecular complexity index is 600. The monoisotopic (exact) mass is 360 g/mol. The average Bonchev–Trinajstić information content (AvgIpc) is 2.87. The van der Waals surface area contributed by atoms with Crippen molar-refractivity contribution in [2.75, 3.05) is 0 Å². The highest BCUT2D eigenvalue weighted by atomic mass is 16.5. The maximum atomic E-state index is 11.4. The van der Waals surface area contributed by atoms with Gasteiger partial charge in [0.1, 0.15) is 6.10 Å². The van der Waals surface area contributed by atoms with Crippen LogP contribution >= 0.6 is 0 Å². The summed E-state index contributed by atoms with van der Waals surface area (Å²) in [5.41, 5.74) is -0.281.